The molecule has 2 aliphatic rings. The lowest BCUT2D eigenvalue weighted by molar-refractivity contribution is 0.436. The summed E-state index contributed by atoms with van der Waals surface area (Å²) >= 11 is 0. The van der Waals surface area contributed by atoms with Crippen molar-refractivity contribution in [1.29, 1.82) is 0 Å². The predicted molar refractivity (Wildman–Crippen MR) is 240 cm³/mol. The first-order valence-corrected chi connectivity index (χ1v) is 20.2. The van der Waals surface area contributed by atoms with Crippen LogP contribution in [0.1, 0.15) is 22.3 Å². The van der Waals surface area contributed by atoms with Crippen LogP contribution in [0.2, 0.25) is 0 Å². The largest absolute Gasteiger partial charge is 0.457 e. The Morgan fingerprint density at radius 3 is 1.55 bits per heavy atom. The van der Waals surface area contributed by atoms with Gasteiger partial charge in [-0.25, -0.2) is 15.0 Å². The maximum atomic E-state index is 6.95. The van der Waals surface area contributed by atoms with E-state index < -0.39 is 5.41 Å². The summed E-state index contributed by atoms with van der Waals surface area (Å²) in [5.74, 6) is 3.42. The normalized spacial score (nSPS) is 12.9. The highest BCUT2D eigenvalue weighted by molar-refractivity contribution is 5.95. The van der Waals surface area contributed by atoms with Crippen molar-refractivity contribution < 1.29 is 4.74 Å². The molecule has 1 aliphatic heterocycles. The first-order valence-electron chi connectivity index (χ1n) is 20.2. The Kier molecular flexibility index (Phi) is 7.69. The van der Waals surface area contributed by atoms with Gasteiger partial charge in [0, 0.05) is 45.0 Å². The second kappa shape index (κ2) is 13.5. The van der Waals surface area contributed by atoms with Crippen LogP contribution in [0.15, 0.2) is 206 Å². The van der Waals surface area contributed by atoms with Gasteiger partial charge in [0.1, 0.15) is 11.5 Å². The summed E-state index contributed by atoms with van der Waals surface area (Å²) in [6.07, 6.45) is 1.87. The minimum atomic E-state index is -0.710. The molecule has 2 aromatic heterocycles. The molecular formula is C55H34N4O. The van der Waals surface area contributed by atoms with Crippen LogP contribution in [0.25, 0.3) is 78.4 Å². The number of para-hydroxylation sites is 1. The Labute approximate surface area is 347 Å². The first-order chi connectivity index (χ1) is 29.7. The van der Waals surface area contributed by atoms with E-state index in [4.69, 9.17) is 24.7 Å². The highest BCUT2D eigenvalue weighted by Gasteiger charge is 2.51. The fraction of sp³-hybridized carbons (Fsp3) is 0.0182. The van der Waals surface area contributed by atoms with Gasteiger partial charge >= 0.3 is 0 Å². The van der Waals surface area contributed by atoms with Crippen molar-refractivity contribution in [3.8, 4) is 79.0 Å². The van der Waals surface area contributed by atoms with Gasteiger partial charge < -0.3 is 4.74 Å². The molecule has 0 N–H and O–H groups in total. The van der Waals surface area contributed by atoms with E-state index in [1.54, 1.807) is 0 Å². The fourth-order valence-corrected chi connectivity index (χ4v) is 9.44. The highest BCUT2D eigenvalue weighted by atomic mass is 16.5. The number of ether oxygens (including phenoxy) is 1. The van der Waals surface area contributed by atoms with E-state index in [9.17, 15) is 0 Å². The molecule has 0 bridgehead atoms. The molecule has 3 heterocycles. The molecule has 12 rings (SSSR count). The van der Waals surface area contributed by atoms with E-state index in [1.165, 1.54) is 22.3 Å². The van der Waals surface area contributed by atoms with E-state index in [-0.39, 0.29) is 0 Å². The predicted octanol–water partition coefficient (Wildman–Crippen LogP) is 13.2. The van der Waals surface area contributed by atoms with Gasteiger partial charge in [0.15, 0.2) is 17.5 Å². The highest BCUT2D eigenvalue weighted by Crippen LogP contribution is 2.62. The molecule has 280 valence electrons. The number of nitrogens with zero attached hydrogens (tertiary/aromatic N) is 4. The quantitative estimate of drug-likeness (QED) is 0.175. The third-order valence-electron chi connectivity index (χ3n) is 12.1. The van der Waals surface area contributed by atoms with Crippen molar-refractivity contribution in [1.82, 2.24) is 19.9 Å². The second-order valence-corrected chi connectivity index (χ2v) is 15.3. The minimum absolute atomic E-state index is 0.584. The molecule has 0 unspecified atom stereocenters. The Balaban J connectivity index is 1.11. The van der Waals surface area contributed by atoms with Crippen LogP contribution < -0.4 is 4.74 Å². The van der Waals surface area contributed by atoms with Crippen molar-refractivity contribution >= 4 is 10.9 Å². The van der Waals surface area contributed by atoms with E-state index in [0.717, 1.165) is 72.5 Å². The van der Waals surface area contributed by atoms with Gasteiger partial charge in [-0.05, 0) is 75.3 Å². The average molecular weight is 767 g/mol. The molecule has 1 aliphatic carbocycles. The smallest absolute Gasteiger partial charge is 0.164 e. The summed E-state index contributed by atoms with van der Waals surface area (Å²) in [6.45, 7) is 0. The van der Waals surface area contributed by atoms with Gasteiger partial charge in [0.2, 0.25) is 0 Å². The summed E-state index contributed by atoms with van der Waals surface area (Å²) in [6, 6.07) is 70.0. The van der Waals surface area contributed by atoms with Crippen molar-refractivity contribution in [2.45, 2.75) is 5.41 Å². The number of pyridine rings is 1. The summed E-state index contributed by atoms with van der Waals surface area (Å²) in [4.78, 5) is 20.5. The molecule has 5 nitrogen and oxygen atoms in total. The van der Waals surface area contributed by atoms with Crippen LogP contribution in [0, 0.1) is 0 Å². The van der Waals surface area contributed by atoms with Gasteiger partial charge in [-0.2, -0.15) is 0 Å². The van der Waals surface area contributed by atoms with Gasteiger partial charge in [-0.3, -0.25) is 4.98 Å². The second-order valence-electron chi connectivity index (χ2n) is 15.3. The van der Waals surface area contributed by atoms with Crippen LogP contribution in [0.5, 0.6) is 11.5 Å². The summed E-state index contributed by atoms with van der Waals surface area (Å²) in [5, 5.41) is 1.10. The number of rotatable bonds is 5. The van der Waals surface area contributed by atoms with Gasteiger partial charge in [0.25, 0.3) is 0 Å². The number of benzene rings is 8. The Morgan fingerprint density at radius 1 is 0.333 bits per heavy atom. The molecule has 5 heteroatoms. The molecule has 0 amide bonds. The van der Waals surface area contributed by atoms with Crippen molar-refractivity contribution in [2.24, 2.45) is 0 Å². The topological polar surface area (TPSA) is 60.8 Å². The van der Waals surface area contributed by atoms with E-state index in [0.29, 0.717) is 17.5 Å². The number of hydrogen-bond donors (Lipinski definition) is 0. The zero-order valence-electron chi connectivity index (χ0n) is 32.3. The SMILES string of the molecule is c1ccc(-c2nc(-c3ccc4c(c3)C3(c5cc(-c6cccc7cccnc67)ccc5O4)c4ccccc4-c4ccccc43)nc(-c3ccccc3-c3ccccc3)n2)cc1. The maximum Gasteiger partial charge on any atom is 0.164 e. The summed E-state index contributed by atoms with van der Waals surface area (Å²) in [5.41, 5.74) is 14.2. The molecule has 8 aromatic carbocycles. The van der Waals surface area contributed by atoms with Gasteiger partial charge in [-0.15, -0.1) is 0 Å². The molecule has 10 aromatic rings. The average Bonchev–Trinajstić information content (AvgIpc) is 3.62. The lowest BCUT2D eigenvalue weighted by Crippen LogP contribution is -2.32. The molecule has 1 spiro atoms. The standard InChI is InChI=1S/C55H34N4O/c1-3-15-35(16-4-1)40-21-7-8-24-44(40)54-58-52(37-17-5-2-6-18-37)57-53(59-54)39-29-31-50-48(34-39)55(45-26-11-9-22-42(45)43-23-10-12-27-46(43)55)47-33-38(28-30-49(47)60-50)41-25-13-19-36-20-14-32-56-51(36)41/h1-34H. The third-order valence-corrected chi connectivity index (χ3v) is 12.1. The zero-order valence-corrected chi connectivity index (χ0v) is 32.3. The molecule has 60 heavy (non-hydrogen) atoms. The van der Waals surface area contributed by atoms with Crippen molar-refractivity contribution in [3.63, 3.8) is 0 Å². The third kappa shape index (κ3) is 5.19. The molecule has 0 saturated carbocycles. The number of hydrogen-bond acceptors (Lipinski definition) is 5. The van der Waals surface area contributed by atoms with Gasteiger partial charge in [0.05, 0.1) is 10.9 Å². The zero-order chi connectivity index (χ0) is 39.6. The fourth-order valence-electron chi connectivity index (χ4n) is 9.44. The van der Waals surface area contributed by atoms with Gasteiger partial charge in [-0.1, -0.05) is 164 Å². The van der Waals surface area contributed by atoms with Crippen LogP contribution in [0.4, 0.5) is 0 Å². The Hall–Kier alpha value is -8.02. The van der Waals surface area contributed by atoms with E-state index in [2.05, 4.69) is 152 Å². The first kappa shape index (κ1) is 34.1. The molecular weight excluding hydrogens is 733 g/mol. The molecule has 0 saturated heterocycles. The van der Waals surface area contributed by atoms with Crippen molar-refractivity contribution in [3.05, 3.63) is 229 Å². The minimum Gasteiger partial charge on any atom is -0.457 e. The van der Waals surface area contributed by atoms with Crippen molar-refractivity contribution in [2.75, 3.05) is 0 Å². The molecule has 0 radical (unpaired) electrons. The van der Waals surface area contributed by atoms with E-state index in [1.807, 2.05) is 54.7 Å². The Morgan fingerprint density at radius 2 is 0.850 bits per heavy atom. The lowest BCUT2D eigenvalue weighted by Gasteiger charge is -2.40. The van der Waals surface area contributed by atoms with Crippen LogP contribution >= 0.6 is 0 Å². The lowest BCUT2D eigenvalue weighted by atomic mass is 9.65. The molecule has 0 fully saturated rings. The van der Waals surface area contributed by atoms with Crippen LogP contribution in [0.3, 0.4) is 0 Å². The van der Waals surface area contributed by atoms with Crippen LogP contribution in [-0.2, 0) is 5.41 Å². The number of aromatic nitrogens is 4. The maximum absolute atomic E-state index is 6.95. The summed E-state index contributed by atoms with van der Waals surface area (Å²) in [7, 11) is 0. The monoisotopic (exact) mass is 766 g/mol. The summed E-state index contributed by atoms with van der Waals surface area (Å²) < 4.78 is 6.95. The Bertz CT molecular complexity index is 3260. The molecule has 0 atom stereocenters. The van der Waals surface area contributed by atoms with Crippen LogP contribution in [-0.4, -0.2) is 19.9 Å². The van der Waals surface area contributed by atoms with E-state index >= 15 is 0 Å². The number of fused-ring (bicyclic) bond motifs is 10.